The van der Waals surface area contributed by atoms with Crippen molar-refractivity contribution in [2.24, 2.45) is 5.41 Å². The third-order valence-electron chi connectivity index (χ3n) is 3.69. The van der Waals surface area contributed by atoms with Crippen LogP contribution in [0.1, 0.15) is 53.4 Å². The van der Waals surface area contributed by atoms with Gasteiger partial charge in [0.15, 0.2) is 0 Å². The molecule has 1 aliphatic carbocycles. The topological polar surface area (TPSA) is 12.0 Å². The van der Waals surface area contributed by atoms with Gasteiger partial charge in [-0.3, -0.25) is 5.32 Å². The molecule has 1 saturated carbocycles. The first-order valence-electron chi connectivity index (χ1n) is 5.76. The second kappa shape index (κ2) is 3.15. The molecule has 0 bridgehead atoms. The average Bonchev–Trinajstić information content (AvgIpc) is 2.36. The van der Waals surface area contributed by atoms with Gasteiger partial charge in [-0.25, -0.2) is 0 Å². The molecular formula is C12H23NS. The normalized spacial score (nSPS) is 33.4. The van der Waals surface area contributed by atoms with Crippen molar-refractivity contribution in [3.63, 3.8) is 0 Å². The maximum absolute atomic E-state index is 3.85. The van der Waals surface area contributed by atoms with Gasteiger partial charge in [0.05, 0.1) is 4.87 Å². The van der Waals surface area contributed by atoms with Crippen LogP contribution in [-0.2, 0) is 0 Å². The first kappa shape index (κ1) is 10.8. The number of nitrogens with one attached hydrogen (secondary N) is 1. The minimum atomic E-state index is 0.353. The van der Waals surface area contributed by atoms with E-state index in [1.807, 2.05) is 0 Å². The first-order valence-corrected chi connectivity index (χ1v) is 6.75. The largest absolute Gasteiger partial charge is 0.297 e. The van der Waals surface area contributed by atoms with Crippen LogP contribution in [-0.4, -0.2) is 16.2 Å². The fourth-order valence-corrected chi connectivity index (χ4v) is 4.16. The smallest absolute Gasteiger partial charge is 0.0650 e. The van der Waals surface area contributed by atoms with E-state index in [4.69, 9.17) is 0 Å². The molecule has 0 radical (unpaired) electrons. The summed E-state index contributed by atoms with van der Waals surface area (Å²) in [5.74, 6) is 1.27. The predicted molar refractivity (Wildman–Crippen MR) is 64.7 cm³/mol. The van der Waals surface area contributed by atoms with Gasteiger partial charge in [0, 0.05) is 11.3 Å². The van der Waals surface area contributed by atoms with Gasteiger partial charge in [-0.05, 0) is 44.9 Å². The summed E-state index contributed by atoms with van der Waals surface area (Å²) in [5, 5.41) is 3.85. The standard InChI is InChI=1S/C12H23NS/c1-10(2)5-7-12(8-6-10)13-11(3,4)9-14-12/h13H,5-9H2,1-4H3. The fourth-order valence-electron chi connectivity index (χ4n) is 2.61. The van der Waals surface area contributed by atoms with E-state index in [2.05, 4.69) is 44.8 Å². The molecule has 1 saturated heterocycles. The second-order valence-corrected chi connectivity index (χ2v) is 7.81. The number of rotatable bonds is 0. The van der Waals surface area contributed by atoms with Gasteiger partial charge in [0.1, 0.15) is 0 Å². The monoisotopic (exact) mass is 213 g/mol. The molecule has 0 amide bonds. The fraction of sp³-hybridized carbons (Fsp3) is 1.00. The lowest BCUT2D eigenvalue weighted by atomic mass is 9.75. The highest BCUT2D eigenvalue weighted by atomic mass is 32.2. The highest BCUT2D eigenvalue weighted by Gasteiger charge is 2.46. The van der Waals surface area contributed by atoms with Crippen LogP contribution in [0.5, 0.6) is 0 Å². The van der Waals surface area contributed by atoms with E-state index < -0.39 is 0 Å². The van der Waals surface area contributed by atoms with Crippen molar-refractivity contribution in [1.82, 2.24) is 5.32 Å². The molecule has 0 aromatic rings. The summed E-state index contributed by atoms with van der Waals surface area (Å²) in [6.45, 7) is 9.47. The van der Waals surface area contributed by atoms with Gasteiger partial charge < -0.3 is 0 Å². The minimum absolute atomic E-state index is 0.353. The van der Waals surface area contributed by atoms with Crippen molar-refractivity contribution in [3.8, 4) is 0 Å². The van der Waals surface area contributed by atoms with E-state index in [-0.39, 0.29) is 0 Å². The number of thioether (sulfide) groups is 1. The van der Waals surface area contributed by atoms with Crippen LogP contribution in [0, 0.1) is 5.41 Å². The minimum Gasteiger partial charge on any atom is -0.297 e. The van der Waals surface area contributed by atoms with Gasteiger partial charge in [0.25, 0.3) is 0 Å². The number of hydrogen-bond donors (Lipinski definition) is 1. The van der Waals surface area contributed by atoms with Gasteiger partial charge in [-0.1, -0.05) is 13.8 Å². The summed E-state index contributed by atoms with van der Waals surface area (Å²) >= 11 is 2.16. The number of hydrogen-bond acceptors (Lipinski definition) is 2. The first-order chi connectivity index (χ1) is 6.33. The van der Waals surface area contributed by atoms with Crippen molar-refractivity contribution in [3.05, 3.63) is 0 Å². The van der Waals surface area contributed by atoms with E-state index in [1.165, 1.54) is 31.4 Å². The van der Waals surface area contributed by atoms with Crippen molar-refractivity contribution in [2.75, 3.05) is 5.75 Å². The van der Waals surface area contributed by atoms with Crippen molar-refractivity contribution in [2.45, 2.75) is 63.8 Å². The molecule has 1 nitrogen and oxygen atoms in total. The molecule has 2 fully saturated rings. The Hall–Kier alpha value is 0.310. The van der Waals surface area contributed by atoms with Crippen LogP contribution in [0.25, 0.3) is 0 Å². The van der Waals surface area contributed by atoms with Crippen molar-refractivity contribution >= 4 is 11.8 Å². The van der Waals surface area contributed by atoms with Gasteiger partial charge >= 0.3 is 0 Å². The van der Waals surface area contributed by atoms with Crippen LogP contribution in [0.3, 0.4) is 0 Å². The van der Waals surface area contributed by atoms with E-state index in [0.717, 1.165) is 0 Å². The zero-order valence-electron chi connectivity index (χ0n) is 9.94. The Bertz CT molecular complexity index is 222. The molecule has 14 heavy (non-hydrogen) atoms. The third-order valence-corrected chi connectivity index (χ3v) is 5.62. The zero-order valence-corrected chi connectivity index (χ0v) is 10.8. The van der Waals surface area contributed by atoms with E-state index in [0.29, 0.717) is 15.8 Å². The molecule has 2 heteroatoms. The van der Waals surface area contributed by atoms with Gasteiger partial charge in [-0.15, -0.1) is 11.8 Å². The van der Waals surface area contributed by atoms with Gasteiger partial charge in [0.2, 0.25) is 0 Å². The van der Waals surface area contributed by atoms with Crippen LogP contribution < -0.4 is 5.32 Å². The van der Waals surface area contributed by atoms with E-state index in [1.54, 1.807) is 0 Å². The maximum Gasteiger partial charge on any atom is 0.0650 e. The second-order valence-electron chi connectivity index (χ2n) is 6.46. The maximum atomic E-state index is 3.85. The molecule has 2 rings (SSSR count). The molecular weight excluding hydrogens is 190 g/mol. The summed E-state index contributed by atoms with van der Waals surface area (Å²) in [6.07, 6.45) is 5.47. The summed E-state index contributed by atoms with van der Waals surface area (Å²) < 4.78 is 0. The van der Waals surface area contributed by atoms with Gasteiger partial charge in [-0.2, -0.15) is 0 Å². The van der Waals surface area contributed by atoms with Crippen molar-refractivity contribution in [1.29, 1.82) is 0 Å². The molecule has 82 valence electrons. The summed E-state index contributed by atoms with van der Waals surface area (Å²) in [5.41, 5.74) is 0.937. The lowest BCUT2D eigenvalue weighted by Gasteiger charge is -2.42. The van der Waals surface area contributed by atoms with Crippen LogP contribution in [0.15, 0.2) is 0 Å². The molecule has 0 unspecified atom stereocenters. The molecule has 0 aromatic carbocycles. The third kappa shape index (κ3) is 2.11. The Morgan fingerprint density at radius 1 is 0.929 bits per heavy atom. The Morgan fingerprint density at radius 2 is 1.50 bits per heavy atom. The molecule has 0 aromatic heterocycles. The Kier molecular flexibility index (Phi) is 2.43. The summed E-state index contributed by atoms with van der Waals surface area (Å²) in [6, 6.07) is 0. The van der Waals surface area contributed by atoms with Crippen LogP contribution in [0.4, 0.5) is 0 Å². The van der Waals surface area contributed by atoms with Crippen LogP contribution >= 0.6 is 11.8 Å². The van der Waals surface area contributed by atoms with E-state index >= 15 is 0 Å². The Labute approximate surface area is 92.4 Å². The molecule has 1 heterocycles. The summed E-state index contributed by atoms with van der Waals surface area (Å²) in [4.78, 5) is 0.430. The highest BCUT2D eigenvalue weighted by molar-refractivity contribution is 8.00. The SMILES string of the molecule is CC1(C)CCC2(CC1)NC(C)(C)CS2. The molecule has 1 N–H and O–H groups in total. The molecule has 1 spiro atoms. The highest BCUT2D eigenvalue weighted by Crippen LogP contribution is 2.49. The zero-order chi connectivity index (χ0) is 10.4. The lowest BCUT2D eigenvalue weighted by molar-refractivity contribution is 0.178. The molecule has 1 aliphatic heterocycles. The molecule has 2 aliphatic rings. The Morgan fingerprint density at radius 3 is 1.93 bits per heavy atom. The lowest BCUT2D eigenvalue weighted by Crippen LogP contribution is -2.49. The Balaban J connectivity index is 2.01. The average molecular weight is 213 g/mol. The van der Waals surface area contributed by atoms with E-state index in [9.17, 15) is 0 Å². The summed E-state index contributed by atoms with van der Waals surface area (Å²) in [7, 11) is 0. The van der Waals surface area contributed by atoms with Crippen molar-refractivity contribution < 1.29 is 0 Å². The quantitative estimate of drug-likeness (QED) is 0.662. The molecule has 0 atom stereocenters. The van der Waals surface area contributed by atoms with Crippen LogP contribution in [0.2, 0.25) is 0 Å². The predicted octanol–water partition coefficient (Wildman–Crippen LogP) is 3.40.